The van der Waals surface area contributed by atoms with Gasteiger partial charge in [-0.1, -0.05) is 75.4 Å². The maximum atomic E-state index is 14.7. The van der Waals surface area contributed by atoms with Gasteiger partial charge in [0.05, 0.1) is 0 Å². The smallest absolute Gasteiger partial charge is 0.272 e. The molecule has 1 saturated heterocycles. The van der Waals surface area contributed by atoms with Gasteiger partial charge in [0.25, 0.3) is 6.43 Å². The molecule has 0 spiro atoms. The quantitative estimate of drug-likeness (QED) is 0.184. The van der Waals surface area contributed by atoms with Crippen LogP contribution < -0.4 is 4.74 Å². The lowest BCUT2D eigenvalue weighted by atomic mass is 9.93. The van der Waals surface area contributed by atoms with Gasteiger partial charge in [0.15, 0.2) is 11.6 Å². The van der Waals surface area contributed by atoms with Crippen LogP contribution in [0.3, 0.4) is 0 Å². The van der Waals surface area contributed by atoms with Crippen molar-refractivity contribution in [3.05, 3.63) is 53.6 Å². The highest BCUT2D eigenvalue weighted by Gasteiger charge is 2.22. The van der Waals surface area contributed by atoms with Crippen LogP contribution in [-0.4, -0.2) is 21.8 Å². The molecule has 175 valence electrons. The predicted octanol–water partition coefficient (Wildman–Crippen LogP) is 8.30. The largest absolute Gasteiger partial charge is 0.485 e. The van der Waals surface area contributed by atoms with Crippen molar-refractivity contribution in [1.82, 2.24) is 0 Å². The number of hydrogen-bond acceptors (Lipinski definition) is 1. The number of aryl methyl sites for hydroxylation is 1. The van der Waals surface area contributed by atoms with E-state index in [9.17, 15) is 17.6 Å². The molecule has 0 atom stereocenters. The normalized spacial score (nSPS) is 15.4. The zero-order chi connectivity index (χ0) is 22.9. The molecule has 1 radical (unpaired) electrons. The summed E-state index contributed by atoms with van der Waals surface area (Å²) in [5.41, 5.74) is 1.62. The standard InChI is InChI=1S/C26H33F4OSi/c1-2-3-4-13-32-14-11-19(12-15-32)5-6-20-7-9-22(23(27)16-20)21-8-10-25(24(28)17-21)31-18-26(29)30/h7-10,16-17,19,26H,2-6,11-15,18H2,1H3. The molecule has 2 aromatic rings. The number of hydrogen-bond donors (Lipinski definition) is 0. The summed E-state index contributed by atoms with van der Waals surface area (Å²) < 4.78 is 58.1. The van der Waals surface area contributed by atoms with Crippen LogP contribution in [0.5, 0.6) is 5.75 Å². The summed E-state index contributed by atoms with van der Waals surface area (Å²) in [6.45, 7) is 1.38. The molecule has 1 aliphatic heterocycles. The van der Waals surface area contributed by atoms with Crippen LogP contribution in [0.2, 0.25) is 18.1 Å². The highest BCUT2D eigenvalue weighted by atomic mass is 28.3. The Morgan fingerprint density at radius 2 is 1.78 bits per heavy atom. The minimum Gasteiger partial charge on any atom is -0.485 e. The van der Waals surface area contributed by atoms with Crippen LogP contribution in [0, 0.1) is 17.6 Å². The molecule has 6 heteroatoms. The number of halogens is 4. The first-order chi connectivity index (χ1) is 15.5. The fourth-order valence-corrected chi connectivity index (χ4v) is 7.64. The number of benzene rings is 2. The SMILES string of the molecule is CCCCC[Si]1CCC(CCc2ccc(-c3ccc(OCC(F)F)c(F)c3)c(F)c2)CC1. The number of rotatable bonds is 11. The number of ether oxygens (including phenoxy) is 1. The Balaban J connectivity index is 1.52. The molecule has 0 bridgehead atoms. The van der Waals surface area contributed by atoms with E-state index >= 15 is 0 Å². The molecule has 1 aliphatic rings. The van der Waals surface area contributed by atoms with Crippen molar-refractivity contribution in [2.75, 3.05) is 6.61 Å². The van der Waals surface area contributed by atoms with Gasteiger partial charge in [0.2, 0.25) is 0 Å². The average Bonchev–Trinajstić information content (AvgIpc) is 2.78. The average molecular weight is 466 g/mol. The van der Waals surface area contributed by atoms with Gasteiger partial charge in [0, 0.05) is 14.4 Å². The van der Waals surface area contributed by atoms with Crippen LogP contribution in [0.25, 0.3) is 11.1 Å². The van der Waals surface area contributed by atoms with E-state index in [-0.39, 0.29) is 14.5 Å². The van der Waals surface area contributed by atoms with E-state index in [1.807, 2.05) is 6.07 Å². The third-order valence-electron chi connectivity index (χ3n) is 6.43. The summed E-state index contributed by atoms with van der Waals surface area (Å²) in [6, 6.07) is 13.3. The summed E-state index contributed by atoms with van der Waals surface area (Å²) >= 11 is 0. The zero-order valence-corrected chi connectivity index (χ0v) is 19.8. The van der Waals surface area contributed by atoms with E-state index in [0.29, 0.717) is 11.1 Å². The van der Waals surface area contributed by atoms with Crippen molar-refractivity contribution < 1.29 is 22.3 Å². The first-order valence-electron chi connectivity index (χ1n) is 11.8. The van der Waals surface area contributed by atoms with Crippen LogP contribution in [0.15, 0.2) is 36.4 Å². The zero-order valence-electron chi connectivity index (χ0n) is 18.8. The van der Waals surface area contributed by atoms with Gasteiger partial charge in [-0.2, -0.15) is 0 Å². The van der Waals surface area contributed by atoms with Gasteiger partial charge in [-0.15, -0.1) is 0 Å². The molecule has 0 amide bonds. The maximum Gasteiger partial charge on any atom is 0.272 e. The molecular weight excluding hydrogens is 432 g/mol. The van der Waals surface area contributed by atoms with Gasteiger partial charge in [-0.25, -0.2) is 17.6 Å². The van der Waals surface area contributed by atoms with Crippen molar-refractivity contribution in [3.63, 3.8) is 0 Å². The Kier molecular flexibility index (Phi) is 9.63. The molecule has 0 unspecified atom stereocenters. The monoisotopic (exact) mass is 465 g/mol. The molecule has 32 heavy (non-hydrogen) atoms. The van der Waals surface area contributed by atoms with E-state index in [1.165, 1.54) is 68.4 Å². The van der Waals surface area contributed by atoms with Crippen molar-refractivity contribution >= 4 is 8.80 Å². The minimum atomic E-state index is -2.68. The van der Waals surface area contributed by atoms with E-state index in [4.69, 9.17) is 4.74 Å². The molecule has 0 aromatic heterocycles. The molecule has 0 N–H and O–H groups in total. The Morgan fingerprint density at radius 1 is 1.00 bits per heavy atom. The minimum absolute atomic E-state index is 0.129. The highest BCUT2D eigenvalue weighted by molar-refractivity contribution is 6.58. The van der Waals surface area contributed by atoms with Crippen molar-refractivity contribution in [3.8, 4) is 16.9 Å². The lowest BCUT2D eigenvalue weighted by Crippen LogP contribution is -2.21. The second-order valence-electron chi connectivity index (χ2n) is 8.85. The molecule has 0 aliphatic carbocycles. The Hall–Kier alpha value is -1.82. The first kappa shape index (κ1) is 24.8. The molecule has 0 saturated carbocycles. The van der Waals surface area contributed by atoms with E-state index in [2.05, 4.69) is 6.92 Å². The number of alkyl halides is 2. The predicted molar refractivity (Wildman–Crippen MR) is 124 cm³/mol. The molecule has 1 fully saturated rings. The van der Waals surface area contributed by atoms with E-state index < -0.39 is 24.7 Å². The molecule has 1 heterocycles. The van der Waals surface area contributed by atoms with Crippen LogP contribution >= 0.6 is 0 Å². The van der Waals surface area contributed by atoms with Gasteiger partial charge in [0.1, 0.15) is 12.4 Å². The van der Waals surface area contributed by atoms with E-state index in [1.54, 1.807) is 6.07 Å². The topological polar surface area (TPSA) is 9.23 Å². The Labute approximate surface area is 190 Å². The molecule has 2 aromatic carbocycles. The fourth-order valence-electron chi connectivity index (χ4n) is 4.51. The molecule has 1 nitrogen and oxygen atoms in total. The Morgan fingerprint density at radius 3 is 2.44 bits per heavy atom. The van der Waals surface area contributed by atoms with Gasteiger partial charge >= 0.3 is 0 Å². The molecular formula is C26H33F4OSi. The Bertz CT molecular complexity index is 850. The fraction of sp³-hybridized carbons (Fsp3) is 0.538. The van der Waals surface area contributed by atoms with E-state index in [0.717, 1.165) is 30.4 Å². The van der Waals surface area contributed by atoms with Crippen LogP contribution in [0.4, 0.5) is 17.6 Å². The third-order valence-corrected chi connectivity index (χ3v) is 9.48. The molecule has 3 rings (SSSR count). The van der Waals surface area contributed by atoms with Crippen LogP contribution in [-0.2, 0) is 6.42 Å². The summed E-state index contributed by atoms with van der Waals surface area (Å²) in [4.78, 5) is 0. The second kappa shape index (κ2) is 12.4. The van der Waals surface area contributed by atoms with Gasteiger partial charge < -0.3 is 4.74 Å². The maximum absolute atomic E-state index is 14.7. The number of unbranched alkanes of at least 4 members (excludes halogenated alkanes) is 2. The van der Waals surface area contributed by atoms with Crippen molar-refractivity contribution in [2.45, 2.75) is 76.4 Å². The second-order valence-corrected chi connectivity index (χ2v) is 11.9. The summed E-state index contributed by atoms with van der Waals surface area (Å²) in [5.74, 6) is -0.686. The summed E-state index contributed by atoms with van der Waals surface area (Å²) in [6.07, 6.45) is 5.96. The van der Waals surface area contributed by atoms with Crippen molar-refractivity contribution in [1.29, 1.82) is 0 Å². The third kappa shape index (κ3) is 7.36. The lowest BCUT2D eigenvalue weighted by Gasteiger charge is -2.27. The summed E-state index contributed by atoms with van der Waals surface area (Å²) in [5, 5.41) is 0. The lowest BCUT2D eigenvalue weighted by molar-refractivity contribution is 0.0799. The van der Waals surface area contributed by atoms with Gasteiger partial charge in [-0.3, -0.25) is 0 Å². The highest BCUT2D eigenvalue weighted by Crippen LogP contribution is 2.32. The first-order valence-corrected chi connectivity index (χ1v) is 13.9. The summed E-state index contributed by atoms with van der Waals surface area (Å²) in [7, 11) is -0.129. The van der Waals surface area contributed by atoms with Crippen LogP contribution in [0.1, 0.15) is 51.0 Å². The van der Waals surface area contributed by atoms with Crippen molar-refractivity contribution in [2.24, 2.45) is 5.92 Å². The van der Waals surface area contributed by atoms with Gasteiger partial charge in [-0.05, 0) is 48.1 Å².